The number of sulfonamides is 1. The molecule has 0 aromatic carbocycles. The first-order valence-corrected chi connectivity index (χ1v) is 11.2. The lowest BCUT2D eigenvalue weighted by atomic mass is 10.1. The molecule has 3 rings (SSSR count). The molecule has 0 radical (unpaired) electrons. The first kappa shape index (κ1) is 15.7. The van der Waals surface area contributed by atoms with Crippen LogP contribution in [-0.4, -0.2) is 75.5 Å². The molecule has 6 nitrogen and oxygen atoms in total. The second kappa shape index (κ2) is 5.47. The van der Waals surface area contributed by atoms with E-state index in [-0.39, 0.29) is 18.3 Å². The van der Waals surface area contributed by atoms with Crippen LogP contribution in [-0.2, 0) is 19.9 Å². The lowest BCUT2D eigenvalue weighted by molar-refractivity contribution is 0.257. The molecule has 0 aromatic rings. The van der Waals surface area contributed by atoms with Crippen LogP contribution in [0.5, 0.6) is 0 Å². The van der Waals surface area contributed by atoms with Crippen LogP contribution in [0.3, 0.4) is 0 Å². The monoisotopic (exact) mass is 336 g/mol. The van der Waals surface area contributed by atoms with E-state index >= 15 is 0 Å². The van der Waals surface area contributed by atoms with Gasteiger partial charge in [0, 0.05) is 19.1 Å². The van der Waals surface area contributed by atoms with Gasteiger partial charge in [-0.1, -0.05) is 0 Å². The Morgan fingerprint density at radius 2 is 1.71 bits per heavy atom. The van der Waals surface area contributed by atoms with Crippen molar-refractivity contribution >= 4 is 19.9 Å². The Hall–Kier alpha value is -0.180. The molecule has 3 aliphatic rings. The van der Waals surface area contributed by atoms with E-state index < -0.39 is 25.1 Å². The van der Waals surface area contributed by atoms with E-state index in [1.165, 1.54) is 23.4 Å². The van der Waals surface area contributed by atoms with Gasteiger partial charge < -0.3 is 4.90 Å². The molecule has 21 heavy (non-hydrogen) atoms. The third kappa shape index (κ3) is 3.43. The van der Waals surface area contributed by atoms with E-state index in [0.717, 1.165) is 25.6 Å². The van der Waals surface area contributed by atoms with Gasteiger partial charge in [-0.05, 0) is 44.7 Å². The number of nitrogens with zero attached hydrogens (tertiary/aromatic N) is 2. The fourth-order valence-electron chi connectivity index (χ4n) is 3.66. The number of rotatable bonds is 3. The molecule has 1 aliphatic carbocycles. The first-order chi connectivity index (χ1) is 9.77. The molecule has 122 valence electrons. The van der Waals surface area contributed by atoms with E-state index in [9.17, 15) is 16.8 Å². The second-order valence-corrected chi connectivity index (χ2v) is 10.9. The van der Waals surface area contributed by atoms with Gasteiger partial charge in [0.15, 0.2) is 9.84 Å². The van der Waals surface area contributed by atoms with Crippen LogP contribution in [0, 0.1) is 5.92 Å². The lowest BCUT2D eigenvalue weighted by Crippen LogP contribution is -2.56. The SMILES string of the molecule is CS(=O)(=O)N1CCS(=O)(=O)[C@@H]2CCN(CC3CC3)CC[C@@H]21. The second-order valence-electron chi connectivity index (χ2n) is 6.67. The molecule has 2 aliphatic heterocycles. The van der Waals surface area contributed by atoms with Gasteiger partial charge in [-0.3, -0.25) is 0 Å². The van der Waals surface area contributed by atoms with E-state index in [1.54, 1.807) is 0 Å². The van der Waals surface area contributed by atoms with Crippen molar-refractivity contribution in [1.82, 2.24) is 9.21 Å². The quantitative estimate of drug-likeness (QED) is 0.721. The molecule has 0 aromatic heterocycles. The highest BCUT2D eigenvalue weighted by molar-refractivity contribution is 7.92. The third-order valence-corrected chi connectivity index (χ3v) is 8.50. The van der Waals surface area contributed by atoms with Crippen LogP contribution in [0.1, 0.15) is 25.7 Å². The van der Waals surface area contributed by atoms with E-state index in [2.05, 4.69) is 4.90 Å². The minimum absolute atomic E-state index is 0.0378. The van der Waals surface area contributed by atoms with Crippen LogP contribution in [0.4, 0.5) is 0 Å². The predicted molar refractivity (Wildman–Crippen MR) is 81.3 cm³/mol. The van der Waals surface area contributed by atoms with E-state index in [0.29, 0.717) is 12.8 Å². The summed E-state index contributed by atoms with van der Waals surface area (Å²) < 4.78 is 50.0. The van der Waals surface area contributed by atoms with Gasteiger partial charge in [0.05, 0.1) is 17.3 Å². The van der Waals surface area contributed by atoms with Crippen LogP contribution in [0.15, 0.2) is 0 Å². The maximum Gasteiger partial charge on any atom is 0.211 e. The standard InChI is InChI=1S/C13H24N2O4S2/c1-20(16,17)15-8-9-21(18,19)13-5-7-14(6-4-12(13)15)10-11-2-3-11/h11-13H,2-10H2,1H3/t12-,13+/m0/s1. The zero-order valence-corrected chi connectivity index (χ0v) is 14.1. The summed E-state index contributed by atoms with van der Waals surface area (Å²) in [6, 6.07) is -0.372. The highest BCUT2D eigenvalue weighted by Crippen LogP contribution is 2.33. The van der Waals surface area contributed by atoms with Crippen LogP contribution in [0.25, 0.3) is 0 Å². The Labute approximate surface area is 127 Å². The number of likely N-dealkylation sites (tertiary alicyclic amines) is 1. The Kier molecular flexibility index (Phi) is 4.09. The highest BCUT2D eigenvalue weighted by Gasteiger charge is 2.45. The summed E-state index contributed by atoms with van der Waals surface area (Å²) >= 11 is 0. The average Bonchev–Trinajstić information content (AvgIpc) is 3.16. The fourth-order valence-corrected chi connectivity index (χ4v) is 7.00. The van der Waals surface area contributed by atoms with Gasteiger partial charge >= 0.3 is 0 Å². The summed E-state index contributed by atoms with van der Waals surface area (Å²) in [6.45, 7) is 2.73. The van der Waals surface area contributed by atoms with Gasteiger partial charge in [0.25, 0.3) is 0 Å². The maximum absolute atomic E-state index is 12.3. The molecular formula is C13H24N2O4S2. The zero-order chi connectivity index (χ0) is 15.3. The molecule has 2 saturated heterocycles. The number of sulfone groups is 1. The number of fused-ring (bicyclic) bond motifs is 1. The van der Waals surface area contributed by atoms with Crippen molar-refractivity contribution in [3.63, 3.8) is 0 Å². The van der Waals surface area contributed by atoms with E-state index in [1.807, 2.05) is 0 Å². The molecule has 0 unspecified atom stereocenters. The van der Waals surface area contributed by atoms with Gasteiger partial charge in [-0.25, -0.2) is 16.8 Å². The minimum Gasteiger partial charge on any atom is -0.303 e. The summed E-state index contributed by atoms with van der Waals surface area (Å²) in [5, 5.41) is -0.523. The lowest BCUT2D eigenvalue weighted by Gasteiger charge is -2.38. The molecule has 0 spiro atoms. The average molecular weight is 336 g/mol. The summed E-state index contributed by atoms with van der Waals surface area (Å²) in [4.78, 5) is 2.33. The van der Waals surface area contributed by atoms with Crippen molar-refractivity contribution in [3.05, 3.63) is 0 Å². The molecule has 2 atom stereocenters. The van der Waals surface area contributed by atoms with Crippen molar-refractivity contribution < 1.29 is 16.8 Å². The fraction of sp³-hybridized carbons (Fsp3) is 1.00. The Morgan fingerprint density at radius 1 is 1.05 bits per heavy atom. The summed E-state index contributed by atoms with van der Waals surface area (Å²) in [7, 11) is -6.51. The third-order valence-electron chi connectivity index (χ3n) is 4.97. The van der Waals surface area contributed by atoms with Gasteiger partial charge in [0.2, 0.25) is 10.0 Å². The molecule has 0 bridgehead atoms. The Bertz CT molecular complexity index is 598. The van der Waals surface area contributed by atoms with Crippen LogP contribution in [0.2, 0.25) is 0 Å². The van der Waals surface area contributed by atoms with Crippen molar-refractivity contribution in [2.24, 2.45) is 5.92 Å². The van der Waals surface area contributed by atoms with Gasteiger partial charge in [-0.15, -0.1) is 0 Å². The Morgan fingerprint density at radius 3 is 2.33 bits per heavy atom. The minimum atomic E-state index is -3.34. The van der Waals surface area contributed by atoms with Gasteiger partial charge in [0.1, 0.15) is 0 Å². The summed E-state index contributed by atoms with van der Waals surface area (Å²) in [5.41, 5.74) is 0. The van der Waals surface area contributed by atoms with Crippen molar-refractivity contribution in [2.75, 3.05) is 38.2 Å². The molecule has 2 heterocycles. The molecule has 0 amide bonds. The highest BCUT2D eigenvalue weighted by atomic mass is 32.2. The molecular weight excluding hydrogens is 312 g/mol. The van der Waals surface area contributed by atoms with E-state index in [4.69, 9.17) is 0 Å². The van der Waals surface area contributed by atoms with Crippen molar-refractivity contribution in [2.45, 2.75) is 37.0 Å². The molecule has 0 N–H and O–H groups in total. The maximum atomic E-state index is 12.3. The molecule has 8 heteroatoms. The smallest absolute Gasteiger partial charge is 0.211 e. The zero-order valence-electron chi connectivity index (χ0n) is 12.4. The topological polar surface area (TPSA) is 74.8 Å². The number of hydrogen-bond donors (Lipinski definition) is 0. The largest absolute Gasteiger partial charge is 0.303 e. The first-order valence-electron chi connectivity index (χ1n) is 7.68. The molecule has 3 fully saturated rings. The van der Waals surface area contributed by atoms with Crippen molar-refractivity contribution in [3.8, 4) is 0 Å². The normalized spacial score (nSPS) is 35.1. The van der Waals surface area contributed by atoms with Crippen LogP contribution < -0.4 is 0 Å². The van der Waals surface area contributed by atoms with Gasteiger partial charge in [-0.2, -0.15) is 4.31 Å². The predicted octanol–water partition coefficient (Wildman–Crippen LogP) is -0.0806. The summed E-state index contributed by atoms with van der Waals surface area (Å²) in [6.07, 6.45) is 4.93. The molecule has 1 saturated carbocycles. The van der Waals surface area contributed by atoms with Crippen LogP contribution >= 0.6 is 0 Å². The summed E-state index contributed by atoms with van der Waals surface area (Å²) in [5.74, 6) is 0.733. The Balaban J connectivity index is 1.81. The van der Waals surface area contributed by atoms with Crippen molar-refractivity contribution in [1.29, 1.82) is 0 Å². The number of hydrogen-bond acceptors (Lipinski definition) is 5.